The van der Waals surface area contributed by atoms with Crippen LogP contribution < -0.4 is 4.74 Å². The van der Waals surface area contributed by atoms with Crippen molar-refractivity contribution in [3.8, 4) is 5.75 Å². The van der Waals surface area contributed by atoms with Gasteiger partial charge in [-0.25, -0.2) is 0 Å². The highest BCUT2D eigenvalue weighted by Gasteiger charge is 2.53. The highest BCUT2D eigenvalue weighted by Crippen LogP contribution is 2.39. The standard InChI is InChI=1S/C14H11ClF5NO4/c15-6-1-2-10(25-13(16)17)7(3-6)11(22)21-4-8(12(23)24)9(5-21)14(18,19)20/h1-3,8-9,13H,4-5H2,(H,23,24)/t8-,9-/m1/s1. The molecule has 0 unspecified atom stereocenters. The maximum Gasteiger partial charge on any atom is 0.394 e. The van der Waals surface area contributed by atoms with Crippen LogP contribution in [-0.2, 0) is 4.79 Å². The van der Waals surface area contributed by atoms with Gasteiger partial charge in [0.1, 0.15) is 5.75 Å². The molecule has 1 aromatic carbocycles. The van der Waals surface area contributed by atoms with Gasteiger partial charge in [0.05, 0.1) is 17.4 Å². The lowest BCUT2D eigenvalue weighted by atomic mass is 9.96. The number of hydrogen-bond donors (Lipinski definition) is 1. The molecule has 138 valence electrons. The average molecular weight is 388 g/mol. The van der Waals surface area contributed by atoms with Crippen LogP contribution in [0.2, 0.25) is 5.02 Å². The number of nitrogens with zero attached hydrogens (tertiary/aromatic N) is 1. The van der Waals surface area contributed by atoms with Crippen LogP contribution in [0.3, 0.4) is 0 Å². The van der Waals surface area contributed by atoms with Gasteiger partial charge in [0, 0.05) is 18.1 Å². The van der Waals surface area contributed by atoms with E-state index in [-0.39, 0.29) is 5.02 Å². The Morgan fingerprint density at radius 1 is 1.28 bits per heavy atom. The summed E-state index contributed by atoms with van der Waals surface area (Å²) < 4.78 is 68.0. The first kappa shape index (κ1) is 19.2. The molecule has 1 fully saturated rings. The summed E-state index contributed by atoms with van der Waals surface area (Å²) in [6.45, 7) is -4.88. The first-order chi connectivity index (χ1) is 11.5. The number of carboxylic acids is 1. The Hall–Kier alpha value is -2.10. The minimum atomic E-state index is -4.82. The molecule has 0 spiro atoms. The third kappa shape index (κ3) is 4.30. The van der Waals surface area contributed by atoms with Crippen molar-refractivity contribution in [2.24, 2.45) is 11.8 Å². The van der Waals surface area contributed by atoms with E-state index in [1.54, 1.807) is 0 Å². The number of carbonyl (C=O) groups excluding carboxylic acids is 1. The second-order valence-corrected chi connectivity index (χ2v) is 5.76. The van der Waals surface area contributed by atoms with Crippen molar-refractivity contribution in [2.45, 2.75) is 12.8 Å². The van der Waals surface area contributed by atoms with Gasteiger partial charge in [-0.1, -0.05) is 11.6 Å². The van der Waals surface area contributed by atoms with E-state index in [1.165, 1.54) is 6.07 Å². The number of carboxylic acid groups (broad SMARTS) is 1. The van der Waals surface area contributed by atoms with E-state index in [0.29, 0.717) is 4.90 Å². The minimum Gasteiger partial charge on any atom is -0.481 e. The molecular weight excluding hydrogens is 377 g/mol. The summed E-state index contributed by atoms with van der Waals surface area (Å²) in [7, 11) is 0. The maximum atomic E-state index is 13.0. The van der Waals surface area contributed by atoms with E-state index in [1.807, 2.05) is 0 Å². The zero-order valence-corrected chi connectivity index (χ0v) is 13.0. The number of amides is 1. The van der Waals surface area contributed by atoms with Gasteiger partial charge in [-0.05, 0) is 18.2 Å². The van der Waals surface area contributed by atoms with Gasteiger partial charge in [-0.2, -0.15) is 22.0 Å². The molecule has 1 N–H and O–H groups in total. The van der Waals surface area contributed by atoms with Crippen molar-refractivity contribution in [1.82, 2.24) is 4.90 Å². The summed E-state index contributed by atoms with van der Waals surface area (Å²) in [5.74, 6) is -7.44. The second-order valence-electron chi connectivity index (χ2n) is 5.32. The molecule has 1 aliphatic heterocycles. The molecule has 2 rings (SSSR count). The van der Waals surface area contributed by atoms with Crippen LogP contribution in [0.5, 0.6) is 5.75 Å². The molecule has 2 atom stereocenters. The van der Waals surface area contributed by atoms with Crippen LogP contribution in [0.1, 0.15) is 10.4 Å². The first-order valence-corrected chi connectivity index (χ1v) is 7.21. The van der Waals surface area contributed by atoms with E-state index < -0.39 is 60.9 Å². The molecule has 0 saturated carbocycles. The smallest absolute Gasteiger partial charge is 0.394 e. The molecule has 0 bridgehead atoms. The van der Waals surface area contributed by atoms with Crippen molar-refractivity contribution in [1.29, 1.82) is 0 Å². The fourth-order valence-corrected chi connectivity index (χ4v) is 2.76. The van der Waals surface area contributed by atoms with Crippen molar-refractivity contribution >= 4 is 23.5 Å². The quantitative estimate of drug-likeness (QED) is 0.805. The lowest BCUT2D eigenvalue weighted by molar-refractivity contribution is -0.187. The van der Waals surface area contributed by atoms with Crippen LogP contribution >= 0.6 is 11.6 Å². The monoisotopic (exact) mass is 387 g/mol. The Bertz CT molecular complexity index is 682. The molecular formula is C14H11ClF5NO4. The summed E-state index contributed by atoms with van der Waals surface area (Å²) in [5, 5.41) is 8.93. The summed E-state index contributed by atoms with van der Waals surface area (Å²) in [5.41, 5.74) is -0.472. The van der Waals surface area contributed by atoms with Crippen molar-refractivity contribution in [3.05, 3.63) is 28.8 Å². The van der Waals surface area contributed by atoms with Gasteiger partial charge < -0.3 is 14.7 Å². The van der Waals surface area contributed by atoms with Crippen LogP contribution in [0.15, 0.2) is 18.2 Å². The topological polar surface area (TPSA) is 66.8 Å². The zero-order valence-electron chi connectivity index (χ0n) is 12.3. The van der Waals surface area contributed by atoms with E-state index in [2.05, 4.69) is 4.74 Å². The molecule has 25 heavy (non-hydrogen) atoms. The third-order valence-corrected chi connectivity index (χ3v) is 3.97. The summed E-state index contributed by atoms with van der Waals surface area (Å²) >= 11 is 5.70. The van der Waals surface area contributed by atoms with Gasteiger partial charge in [0.2, 0.25) is 0 Å². The van der Waals surface area contributed by atoms with Crippen molar-refractivity contribution in [2.75, 3.05) is 13.1 Å². The molecule has 0 aliphatic carbocycles. The number of hydrogen-bond acceptors (Lipinski definition) is 3. The molecule has 11 heteroatoms. The lowest BCUT2D eigenvalue weighted by Gasteiger charge is -2.19. The maximum absolute atomic E-state index is 13.0. The summed E-state index contributed by atoms with van der Waals surface area (Å²) in [6, 6.07) is 3.12. The lowest BCUT2D eigenvalue weighted by Crippen LogP contribution is -2.34. The van der Waals surface area contributed by atoms with Crippen LogP contribution in [0, 0.1) is 11.8 Å². The Balaban J connectivity index is 2.32. The fourth-order valence-electron chi connectivity index (χ4n) is 2.59. The Morgan fingerprint density at radius 3 is 2.40 bits per heavy atom. The number of benzene rings is 1. The molecule has 1 heterocycles. The Labute approximate surface area is 142 Å². The van der Waals surface area contributed by atoms with Crippen LogP contribution in [0.25, 0.3) is 0 Å². The largest absolute Gasteiger partial charge is 0.481 e. The zero-order chi connectivity index (χ0) is 18.9. The molecule has 1 saturated heterocycles. The fraction of sp³-hybridized carbons (Fsp3) is 0.429. The second kappa shape index (κ2) is 7.03. The van der Waals surface area contributed by atoms with E-state index in [4.69, 9.17) is 16.7 Å². The Morgan fingerprint density at radius 2 is 1.92 bits per heavy atom. The number of alkyl halides is 5. The first-order valence-electron chi connectivity index (χ1n) is 6.84. The number of halogens is 6. The third-order valence-electron chi connectivity index (χ3n) is 3.73. The summed E-state index contributed by atoms with van der Waals surface area (Å²) in [4.78, 5) is 24.1. The highest BCUT2D eigenvalue weighted by molar-refractivity contribution is 6.31. The molecule has 0 aromatic heterocycles. The SMILES string of the molecule is O=C(O)[C@@H]1CN(C(=O)c2cc(Cl)ccc2OC(F)F)C[C@H]1C(F)(F)F. The summed E-state index contributed by atoms with van der Waals surface area (Å²) in [6.07, 6.45) is -4.82. The van der Waals surface area contributed by atoms with E-state index in [9.17, 15) is 31.5 Å². The number of ether oxygens (including phenoxy) is 1. The van der Waals surface area contributed by atoms with Crippen LogP contribution in [-0.4, -0.2) is 47.8 Å². The number of carbonyl (C=O) groups is 2. The van der Waals surface area contributed by atoms with Gasteiger partial charge in [-0.3, -0.25) is 9.59 Å². The predicted molar refractivity (Wildman–Crippen MR) is 74.7 cm³/mol. The molecule has 1 aliphatic rings. The predicted octanol–water partition coefficient (Wildman–Crippen LogP) is 3.28. The normalized spacial score (nSPS) is 20.8. The molecule has 1 aromatic rings. The minimum absolute atomic E-state index is 0.0219. The molecule has 1 amide bonds. The van der Waals surface area contributed by atoms with Gasteiger partial charge in [0.15, 0.2) is 0 Å². The number of likely N-dealkylation sites (tertiary alicyclic amines) is 1. The number of rotatable bonds is 4. The van der Waals surface area contributed by atoms with Crippen molar-refractivity contribution in [3.63, 3.8) is 0 Å². The van der Waals surface area contributed by atoms with Gasteiger partial charge in [-0.15, -0.1) is 0 Å². The van der Waals surface area contributed by atoms with Gasteiger partial charge in [0.25, 0.3) is 5.91 Å². The Kier molecular flexibility index (Phi) is 5.40. The molecule has 5 nitrogen and oxygen atoms in total. The van der Waals surface area contributed by atoms with Gasteiger partial charge >= 0.3 is 18.8 Å². The van der Waals surface area contributed by atoms with E-state index in [0.717, 1.165) is 12.1 Å². The van der Waals surface area contributed by atoms with E-state index >= 15 is 0 Å². The van der Waals surface area contributed by atoms with Crippen LogP contribution in [0.4, 0.5) is 22.0 Å². The van der Waals surface area contributed by atoms with Crippen molar-refractivity contribution < 1.29 is 41.4 Å². The molecule has 0 radical (unpaired) electrons. The highest BCUT2D eigenvalue weighted by atomic mass is 35.5. The number of aliphatic carboxylic acids is 1. The average Bonchev–Trinajstić information content (AvgIpc) is 2.93.